The van der Waals surface area contributed by atoms with E-state index < -0.39 is 0 Å². The lowest BCUT2D eigenvalue weighted by atomic mass is 10.0. The first kappa shape index (κ1) is 28.5. The van der Waals surface area contributed by atoms with E-state index in [1.165, 1.54) is 32.3 Å². The standard InChI is InChI=1S/C48H29N5/c1-2-13-30(14-3-1)39-19-12-24-45(49-39)53-43-22-10-5-16-33(43)36-28-27-35-32-15-4-8-20-41(32)51(46(35)47(36)53)31-25-26-37-38(29-31)34-17-6-9-21-42(34)52-44-23-11-7-18-40(44)50-48(37)52/h1-29H. The van der Waals surface area contributed by atoms with E-state index in [1.807, 2.05) is 6.07 Å². The van der Waals surface area contributed by atoms with Crippen molar-refractivity contribution in [3.8, 4) is 22.8 Å². The fourth-order valence-electron chi connectivity index (χ4n) is 8.76. The van der Waals surface area contributed by atoms with E-state index in [2.05, 4.69) is 183 Å². The highest BCUT2D eigenvalue weighted by Crippen LogP contribution is 2.42. The number of hydrogen-bond donors (Lipinski definition) is 0. The maximum atomic E-state index is 5.32. The fraction of sp³-hybridized carbons (Fsp3) is 0. The van der Waals surface area contributed by atoms with Crippen LogP contribution in [0.1, 0.15) is 0 Å². The summed E-state index contributed by atoms with van der Waals surface area (Å²) in [5.41, 5.74) is 12.0. The Kier molecular flexibility index (Phi) is 5.71. The van der Waals surface area contributed by atoms with Crippen molar-refractivity contribution in [1.29, 1.82) is 0 Å². The third-order valence-corrected chi connectivity index (χ3v) is 11.0. The topological polar surface area (TPSA) is 40.0 Å². The molecular formula is C48H29N5. The van der Waals surface area contributed by atoms with Gasteiger partial charge in [0.15, 0.2) is 0 Å². The van der Waals surface area contributed by atoms with E-state index in [9.17, 15) is 0 Å². The maximum Gasteiger partial charge on any atom is 0.146 e. The molecule has 12 aromatic rings. The number of para-hydroxylation sites is 5. The number of fused-ring (bicyclic) bond motifs is 15. The van der Waals surface area contributed by atoms with Crippen LogP contribution in [0.5, 0.6) is 0 Å². The molecule has 53 heavy (non-hydrogen) atoms. The Hall–Kier alpha value is -7.24. The Morgan fingerprint density at radius 3 is 1.70 bits per heavy atom. The van der Waals surface area contributed by atoms with Crippen LogP contribution in [0.2, 0.25) is 0 Å². The average Bonchev–Trinajstić information content (AvgIpc) is 3.89. The Morgan fingerprint density at radius 1 is 0.358 bits per heavy atom. The first-order valence-electron chi connectivity index (χ1n) is 18.0. The minimum atomic E-state index is 0.889. The van der Waals surface area contributed by atoms with E-state index in [1.54, 1.807) is 0 Å². The molecule has 0 atom stereocenters. The summed E-state index contributed by atoms with van der Waals surface area (Å²) in [5.74, 6) is 0.889. The molecule has 0 radical (unpaired) electrons. The average molecular weight is 676 g/mol. The molecule has 5 aromatic heterocycles. The van der Waals surface area contributed by atoms with Crippen LogP contribution in [0.3, 0.4) is 0 Å². The molecule has 0 aliphatic heterocycles. The molecule has 0 fully saturated rings. The van der Waals surface area contributed by atoms with Crippen LogP contribution in [0.25, 0.3) is 105 Å². The summed E-state index contributed by atoms with van der Waals surface area (Å²) >= 11 is 0. The van der Waals surface area contributed by atoms with Crippen molar-refractivity contribution in [2.75, 3.05) is 0 Å². The molecule has 0 saturated heterocycles. The molecule has 246 valence electrons. The Balaban J connectivity index is 1.23. The molecule has 0 saturated carbocycles. The van der Waals surface area contributed by atoms with Crippen LogP contribution in [0.4, 0.5) is 0 Å². The third-order valence-electron chi connectivity index (χ3n) is 11.0. The predicted octanol–water partition coefficient (Wildman–Crippen LogP) is 12.1. The quantitative estimate of drug-likeness (QED) is 0.175. The van der Waals surface area contributed by atoms with Gasteiger partial charge in [0.25, 0.3) is 0 Å². The van der Waals surface area contributed by atoms with Gasteiger partial charge in [-0.2, -0.15) is 0 Å². The molecule has 12 rings (SSSR count). The highest BCUT2D eigenvalue weighted by Gasteiger charge is 2.22. The van der Waals surface area contributed by atoms with Crippen molar-refractivity contribution in [3.05, 3.63) is 176 Å². The SMILES string of the molecule is c1ccc(-c2cccc(-n3c4ccccc4c4ccc5c6ccccc6n(-c6ccc7c(c6)c6ccccc6n6c8ccccc8nc76)c5c43)n2)cc1. The van der Waals surface area contributed by atoms with Crippen molar-refractivity contribution in [1.82, 2.24) is 23.5 Å². The smallest absolute Gasteiger partial charge is 0.146 e. The Bertz CT molecular complexity index is 3460. The van der Waals surface area contributed by atoms with Crippen molar-refractivity contribution in [2.24, 2.45) is 0 Å². The summed E-state index contributed by atoms with van der Waals surface area (Å²) in [7, 11) is 0. The van der Waals surface area contributed by atoms with Crippen LogP contribution >= 0.6 is 0 Å². The molecule has 5 heterocycles. The zero-order valence-electron chi connectivity index (χ0n) is 28.5. The fourth-order valence-corrected chi connectivity index (χ4v) is 8.76. The van der Waals surface area contributed by atoms with Crippen molar-refractivity contribution < 1.29 is 0 Å². The van der Waals surface area contributed by atoms with Gasteiger partial charge >= 0.3 is 0 Å². The van der Waals surface area contributed by atoms with Crippen LogP contribution in [-0.4, -0.2) is 23.5 Å². The lowest BCUT2D eigenvalue weighted by Gasteiger charge is -2.14. The summed E-state index contributed by atoms with van der Waals surface area (Å²) in [6, 6.07) is 62.9. The van der Waals surface area contributed by atoms with E-state index in [0.29, 0.717) is 0 Å². The van der Waals surface area contributed by atoms with E-state index in [0.717, 1.165) is 72.4 Å². The molecule has 0 unspecified atom stereocenters. The number of rotatable bonds is 3. The number of hydrogen-bond acceptors (Lipinski definition) is 2. The highest BCUT2D eigenvalue weighted by atomic mass is 15.1. The minimum absolute atomic E-state index is 0.889. The summed E-state index contributed by atoms with van der Waals surface area (Å²) in [4.78, 5) is 10.5. The summed E-state index contributed by atoms with van der Waals surface area (Å²) in [6.07, 6.45) is 0. The van der Waals surface area contributed by atoms with E-state index >= 15 is 0 Å². The monoisotopic (exact) mass is 675 g/mol. The molecule has 0 amide bonds. The van der Waals surface area contributed by atoms with Crippen molar-refractivity contribution in [3.63, 3.8) is 0 Å². The summed E-state index contributed by atoms with van der Waals surface area (Å²) in [5, 5.41) is 8.32. The summed E-state index contributed by atoms with van der Waals surface area (Å²) < 4.78 is 7.14. The summed E-state index contributed by atoms with van der Waals surface area (Å²) in [6.45, 7) is 0. The highest BCUT2D eigenvalue weighted by molar-refractivity contribution is 6.24. The van der Waals surface area contributed by atoms with Gasteiger partial charge in [0, 0.05) is 43.6 Å². The second-order valence-corrected chi connectivity index (χ2v) is 13.8. The minimum Gasteiger partial charge on any atom is -0.307 e. The molecule has 0 bridgehead atoms. The van der Waals surface area contributed by atoms with Gasteiger partial charge in [-0.15, -0.1) is 0 Å². The second-order valence-electron chi connectivity index (χ2n) is 13.8. The van der Waals surface area contributed by atoms with Crippen LogP contribution in [0.15, 0.2) is 176 Å². The van der Waals surface area contributed by atoms with Crippen LogP contribution < -0.4 is 0 Å². The lowest BCUT2D eigenvalue weighted by molar-refractivity contribution is 1.08. The lowest BCUT2D eigenvalue weighted by Crippen LogP contribution is -2.01. The maximum absolute atomic E-state index is 5.32. The van der Waals surface area contributed by atoms with Crippen molar-refractivity contribution >= 4 is 82.0 Å². The molecule has 7 aromatic carbocycles. The van der Waals surface area contributed by atoms with Crippen molar-refractivity contribution in [2.45, 2.75) is 0 Å². The zero-order chi connectivity index (χ0) is 34.6. The third kappa shape index (κ3) is 3.91. The molecule has 0 spiro atoms. The first-order chi connectivity index (χ1) is 26.3. The van der Waals surface area contributed by atoms with Gasteiger partial charge in [0.05, 0.1) is 44.3 Å². The molecule has 0 N–H and O–H groups in total. The normalized spacial score (nSPS) is 12.2. The van der Waals surface area contributed by atoms with E-state index in [4.69, 9.17) is 9.97 Å². The van der Waals surface area contributed by atoms with Gasteiger partial charge in [-0.3, -0.25) is 8.97 Å². The van der Waals surface area contributed by atoms with Gasteiger partial charge in [0.2, 0.25) is 0 Å². The largest absolute Gasteiger partial charge is 0.307 e. The predicted molar refractivity (Wildman–Crippen MR) is 220 cm³/mol. The van der Waals surface area contributed by atoms with E-state index in [-0.39, 0.29) is 0 Å². The van der Waals surface area contributed by atoms with Gasteiger partial charge in [-0.1, -0.05) is 115 Å². The number of imidazole rings is 1. The van der Waals surface area contributed by atoms with Gasteiger partial charge in [-0.25, -0.2) is 9.97 Å². The molecule has 0 aliphatic rings. The van der Waals surface area contributed by atoms with Crippen LogP contribution in [0, 0.1) is 0 Å². The van der Waals surface area contributed by atoms with Crippen LogP contribution in [-0.2, 0) is 0 Å². The zero-order valence-corrected chi connectivity index (χ0v) is 28.5. The molecule has 0 aliphatic carbocycles. The first-order valence-corrected chi connectivity index (χ1v) is 18.0. The number of pyridine rings is 2. The van der Waals surface area contributed by atoms with Gasteiger partial charge in [0.1, 0.15) is 11.5 Å². The Labute approximate surface area is 303 Å². The van der Waals surface area contributed by atoms with Gasteiger partial charge in [-0.05, 0) is 66.0 Å². The number of aromatic nitrogens is 5. The van der Waals surface area contributed by atoms with Gasteiger partial charge < -0.3 is 4.57 Å². The Morgan fingerprint density at radius 2 is 0.943 bits per heavy atom. The number of benzene rings is 7. The molecule has 5 nitrogen and oxygen atoms in total. The molecular weight excluding hydrogens is 647 g/mol. The second kappa shape index (κ2) is 10.6. The molecule has 5 heteroatoms. The number of nitrogens with zero attached hydrogens (tertiary/aromatic N) is 5.